The van der Waals surface area contributed by atoms with E-state index in [2.05, 4.69) is 29.9 Å². The van der Waals surface area contributed by atoms with E-state index in [4.69, 9.17) is 6.42 Å². The van der Waals surface area contributed by atoms with Gasteiger partial charge in [-0.2, -0.15) is 4.99 Å². The lowest BCUT2D eigenvalue weighted by Crippen LogP contribution is -2.10. The molecule has 0 aliphatic heterocycles. The molecule has 0 radical (unpaired) electrons. The molecule has 72 valence electrons. The molecular formula is C11H18N2. The van der Waals surface area contributed by atoms with Crippen molar-refractivity contribution in [2.75, 3.05) is 0 Å². The topological polar surface area (TPSA) is 24.7 Å². The highest BCUT2D eigenvalue weighted by atomic mass is 14.9. The number of hydrogen-bond donors (Lipinski definition) is 0. The molecule has 2 nitrogen and oxygen atoms in total. The molecule has 0 aromatic heterocycles. The molecule has 13 heavy (non-hydrogen) atoms. The molecular weight excluding hydrogens is 160 g/mol. The molecule has 0 spiro atoms. The first kappa shape index (κ1) is 11.9. The van der Waals surface area contributed by atoms with Crippen LogP contribution in [-0.2, 0) is 0 Å². The van der Waals surface area contributed by atoms with Crippen molar-refractivity contribution in [3.05, 3.63) is 0 Å². The van der Waals surface area contributed by atoms with Gasteiger partial charge in [0.15, 0.2) is 0 Å². The molecule has 0 fully saturated rings. The summed E-state index contributed by atoms with van der Waals surface area (Å²) >= 11 is 0. The minimum Gasteiger partial charge on any atom is -0.241 e. The van der Waals surface area contributed by atoms with E-state index >= 15 is 0 Å². The van der Waals surface area contributed by atoms with Crippen molar-refractivity contribution in [2.45, 2.75) is 34.6 Å². The van der Waals surface area contributed by atoms with Crippen molar-refractivity contribution in [3.8, 4) is 12.5 Å². The van der Waals surface area contributed by atoms with Gasteiger partial charge < -0.3 is 0 Å². The maximum atomic E-state index is 5.11. The number of aliphatic imine (C=N–C) groups is 2. The van der Waals surface area contributed by atoms with E-state index in [-0.39, 0.29) is 5.92 Å². The summed E-state index contributed by atoms with van der Waals surface area (Å²) in [6, 6.07) is 2.27. The summed E-state index contributed by atoms with van der Waals surface area (Å²) in [6.07, 6.45) is 5.11. The quantitative estimate of drug-likeness (QED) is 0.353. The minimum absolute atomic E-state index is 0.282. The molecule has 2 heteroatoms. The highest BCUT2D eigenvalue weighted by Gasteiger charge is 2.05. The molecule has 0 bridgehead atoms. The van der Waals surface area contributed by atoms with E-state index in [1.807, 2.05) is 20.8 Å². The lowest BCUT2D eigenvalue weighted by atomic mass is 10.1. The summed E-state index contributed by atoms with van der Waals surface area (Å²) in [5.74, 6) is 1.47. The summed E-state index contributed by atoms with van der Waals surface area (Å²) in [5, 5.41) is 0. The van der Waals surface area contributed by atoms with Crippen LogP contribution in [0.4, 0.5) is 0 Å². The third kappa shape index (κ3) is 4.47. The van der Waals surface area contributed by atoms with Gasteiger partial charge >= 0.3 is 0 Å². The van der Waals surface area contributed by atoms with E-state index in [0.29, 0.717) is 5.92 Å². The van der Waals surface area contributed by atoms with Crippen LogP contribution >= 0.6 is 0 Å². The third-order valence-electron chi connectivity index (χ3n) is 1.82. The first-order valence-corrected chi connectivity index (χ1v) is 4.57. The van der Waals surface area contributed by atoms with E-state index < -0.39 is 0 Å². The van der Waals surface area contributed by atoms with Crippen molar-refractivity contribution >= 4 is 11.5 Å². The summed E-state index contributed by atoms with van der Waals surface area (Å²) < 4.78 is 0. The van der Waals surface area contributed by atoms with Gasteiger partial charge in [-0.3, -0.25) is 0 Å². The average Bonchev–Trinajstić information content (AvgIpc) is 2.03. The fraction of sp³-hybridized carbons (Fsp3) is 0.636. The zero-order valence-corrected chi connectivity index (χ0v) is 9.13. The highest BCUT2D eigenvalue weighted by molar-refractivity contribution is 5.98. The fourth-order valence-electron chi connectivity index (χ4n) is 0.659. The molecule has 0 atom stereocenters. The summed E-state index contributed by atoms with van der Waals surface area (Å²) in [5.41, 5.74) is 1.07. The van der Waals surface area contributed by atoms with Gasteiger partial charge in [-0.15, -0.1) is 0 Å². The Hall–Kier alpha value is -1.10. The van der Waals surface area contributed by atoms with Crippen LogP contribution in [0.1, 0.15) is 34.6 Å². The normalized spacial score (nSPS) is 13.7. The maximum Gasteiger partial charge on any atom is 0.141 e. The largest absolute Gasteiger partial charge is 0.241 e. The molecule has 0 heterocycles. The van der Waals surface area contributed by atoms with Crippen molar-refractivity contribution in [1.82, 2.24) is 0 Å². The molecule has 0 rings (SSSR count). The fourth-order valence-corrected chi connectivity index (χ4v) is 0.659. The first-order valence-electron chi connectivity index (χ1n) is 4.57. The monoisotopic (exact) mass is 178 g/mol. The van der Waals surface area contributed by atoms with Crippen molar-refractivity contribution < 1.29 is 0 Å². The number of hydrogen-bond acceptors (Lipinski definition) is 1. The average molecular weight is 178 g/mol. The second-order valence-electron chi connectivity index (χ2n) is 3.66. The molecule has 0 aromatic rings. The Morgan fingerprint density at radius 1 is 1.15 bits per heavy atom. The van der Waals surface area contributed by atoms with Crippen LogP contribution in [0.5, 0.6) is 0 Å². The van der Waals surface area contributed by atoms with Crippen LogP contribution in [0.15, 0.2) is 9.98 Å². The van der Waals surface area contributed by atoms with Gasteiger partial charge in [0.1, 0.15) is 5.84 Å². The molecule has 0 unspecified atom stereocenters. The molecule has 0 amide bonds. The zero-order chi connectivity index (χ0) is 10.4. The molecule has 0 aromatic carbocycles. The Bertz CT molecular complexity index is 252. The molecule has 0 aliphatic rings. The summed E-state index contributed by atoms with van der Waals surface area (Å²) in [4.78, 5) is 8.29. The third-order valence-corrected chi connectivity index (χ3v) is 1.82. The van der Waals surface area contributed by atoms with Crippen molar-refractivity contribution in [1.29, 1.82) is 0 Å². The van der Waals surface area contributed by atoms with Gasteiger partial charge in [0, 0.05) is 17.7 Å². The Balaban J connectivity index is 4.73. The number of nitrogens with zero attached hydrogens (tertiary/aromatic N) is 2. The van der Waals surface area contributed by atoms with Gasteiger partial charge in [0.2, 0.25) is 0 Å². The summed E-state index contributed by atoms with van der Waals surface area (Å²) in [6.45, 7) is 10.3. The van der Waals surface area contributed by atoms with E-state index in [1.165, 1.54) is 0 Å². The number of rotatable bonds is 2. The lowest BCUT2D eigenvalue weighted by Gasteiger charge is -2.07. The zero-order valence-electron chi connectivity index (χ0n) is 9.13. The van der Waals surface area contributed by atoms with Crippen LogP contribution in [-0.4, -0.2) is 11.5 Å². The van der Waals surface area contributed by atoms with Crippen molar-refractivity contribution in [2.24, 2.45) is 21.8 Å². The van der Waals surface area contributed by atoms with Crippen LogP contribution in [0.3, 0.4) is 0 Å². The molecule has 0 saturated heterocycles. The Morgan fingerprint density at radius 3 is 2.00 bits per heavy atom. The smallest absolute Gasteiger partial charge is 0.141 e. The van der Waals surface area contributed by atoms with Crippen molar-refractivity contribution in [3.63, 3.8) is 0 Å². The lowest BCUT2D eigenvalue weighted by molar-refractivity contribution is 0.854. The second kappa shape index (κ2) is 5.53. The molecule has 0 saturated carbocycles. The predicted molar refractivity (Wildman–Crippen MR) is 59.1 cm³/mol. The number of terminal acetylenes is 1. The first-order chi connectivity index (χ1) is 5.99. The van der Waals surface area contributed by atoms with Gasteiger partial charge in [0.25, 0.3) is 0 Å². The van der Waals surface area contributed by atoms with E-state index in [1.54, 1.807) is 0 Å². The van der Waals surface area contributed by atoms with Crippen LogP contribution in [0.25, 0.3) is 0 Å². The van der Waals surface area contributed by atoms with E-state index in [0.717, 1.165) is 11.5 Å². The predicted octanol–water partition coefficient (Wildman–Crippen LogP) is 2.75. The van der Waals surface area contributed by atoms with Crippen LogP contribution in [0.2, 0.25) is 0 Å². The van der Waals surface area contributed by atoms with E-state index in [9.17, 15) is 0 Å². The van der Waals surface area contributed by atoms with Gasteiger partial charge in [-0.05, 0) is 12.8 Å². The molecule has 0 N–H and O–H groups in total. The van der Waals surface area contributed by atoms with Gasteiger partial charge in [0.05, 0.1) is 0 Å². The Labute approximate surface area is 81.2 Å². The summed E-state index contributed by atoms with van der Waals surface area (Å²) in [7, 11) is 0. The minimum atomic E-state index is 0.282. The van der Waals surface area contributed by atoms with Gasteiger partial charge in [-0.25, -0.2) is 4.99 Å². The van der Waals surface area contributed by atoms with Gasteiger partial charge in [-0.1, -0.05) is 34.1 Å². The second-order valence-corrected chi connectivity index (χ2v) is 3.66. The standard InChI is InChI=1S/C11H18N2/c1-7-12-11(9(4)5)13-10(6)8(2)3/h1,8-9H,2-6H3/b12-11-,13-10+. The number of amidine groups is 1. The molecule has 0 aliphatic carbocycles. The Morgan fingerprint density at radius 2 is 1.69 bits per heavy atom. The van der Waals surface area contributed by atoms with Crippen LogP contribution < -0.4 is 0 Å². The Kier molecular flexibility index (Phi) is 5.06. The van der Waals surface area contributed by atoms with Crippen LogP contribution in [0, 0.1) is 24.3 Å². The maximum absolute atomic E-state index is 5.11. The SMILES string of the molecule is C#C/N=C(\N=C(/C)C(C)C)C(C)C. The highest BCUT2D eigenvalue weighted by Crippen LogP contribution is 2.03.